The van der Waals surface area contributed by atoms with E-state index in [4.69, 9.17) is 0 Å². The van der Waals surface area contributed by atoms with E-state index in [1.165, 1.54) is 11.3 Å². The molecule has 0 atom stereocenters. The Bertz CT molecular complexity index is 218. The highest BCUT2D eigenvalue weighted by atomic mass is 14.8. The van der Waals surface area contributed by atoms with Gasteiger partial charge in [0.15, 0.2) is 0 Å². The second-order valence-corrected chi connectivity index (χ2v) is 2.58. The van der Waals surface area contributed by atoms with Crippen LogP contribution in [0.2, 0.25) is 0 Å². The van der Waals surface area contributed by atoms with Crippen LogP contribution in [0.3, 0.4) is 0 Å². The average molecular weight is 149 g/mol. The fraction of sp³-hybridized carbons (Fsp3) is 0.400. The Labute approximate surface area is 68.4 Å². The van der Waals surface area contributed by atoms with Crippen LogP contribution in [-0.4, -0.2) is 6.54 Å². The minimum Gasteiger partial charge on any atom is -0.385 e. The van der Waals surface area contributed by atoms with Crippen LogP contribution in [-0.2, 0) is 6.42 Å². The van der Waals surface area contributed by atoms with Crippen LogP contribution in [0.15, 0.2) is 24.3 Å². The molecule has 0 saturated heterocycles. The predicted molar refractivity (Wildman–Crippen MR) is 50.0 cm³/mol. The molecule has 1 aromatic carbocycles. The lowest BCUT2D eigenvalue weighted by molar-refractivity contribution is 1.13. The zero-order valence-corrected chi connectivity index (χ0v) is 7.22. The predicted octanol–water partition coefficient (Wildman–Crippen LogP) is 2.68. The fourth-order valence-corrected chi connectivity index (χ4v) is 1.11. The van der Waals surface area contributed by atoms with Gasteiger partial charge in [0, 0.05) is 12.2 Å². The van der Waals surface area contributed by atoms with Crippen LogP contribution < -0.4 is 5.32 Å². The summed E-state index contributed by atoms with van der Waals surface area (Å²) in [6.45, 7) is 5.27. The van der Waals surface area contributed by atoms with Gasteiger partial charge in [-0.05, 0) is 31.0 Å². The zero-order chi connectivity index (χ0) is 8.10. The topological polar surface area (TPSA) is 12.0 Å². The van der Waals surface area contributed by atoms with Crippen molar-refractivity contribution in [2.75, 3.05) is 11.9 Å². The van der Waals surface area contributed by atoms with Crippen LogP contribution in [0, 0.1) is 0 Å². The highest BCUT2D eigenvalue weighted by molar-refractivity contribution is 5.45. The molecule has 1 N–H and O–H groups in total. The van der Waals surface area contributed by atoms with Crippen molar-refractivity contribution in [3.63, 3.8) is 0 Å². The van der Waals surface area contributed by atoms with Gasteiger partial charge in [0.25, 0.3) is 0 Å². The number of rotatable bonds is 3. The fourth-order valence-electron chi connectivity index (χ4n) is 1.11. The summed E-state index contributed by atoms with van der Waals surface area (Å²) in [4.78, 5) is 0. The Balaban J connectivity index is 2.74. The van der Waals surface area contributed by atoms with Crippen molar-refractivity contribution in [2.24, 2.45) is 0 Å². The summed E-state index contributed by atoms with van der Waals surface area (Å²) >= 11 is 0. The molecule has 1 aromatic rings. The van der Waals surface area contributed by atoms with Crippen molar-refractivity contribution in [2.45, 2.75) is 20.3 Å². The van der Waals surface area contributed by atoms with Gasteiger partial charge in [-0.1, -0.05) is 19.1 Å². The Morgan fingerprint density at radius 3 is 2.73 bits per heavy atom. The number of nitrogens with one attached hydrogen (secondary N) is 1. The maximum atomic E-state index is 3.28. The largest absolute Gasteiger partial charge is 0.385 e. The van der Waals surface area contributed by atoms with E-state index in [-0.39, 0.29) is 0 Å². The summed E-state index contributed by atoms with van der Waals surface area (Å²) in [6.07, 6.45) is 1.11. The molecule has 0 unspecified atom stereocenters. The summed E-state index contributed by atoms with van der Waals surface area (Å²) in [5.74, 6) is 0. The second kappa shape index (κ2) is 4.02. The summed E-state index contributed by atoms with van der Waals surface area (Å²) < 4.78 is 0. The Hall–Kier alpha value is -0.980. The first-order chi connectivity index (χ1) is 5.36. The lowest BCUT2D eigenvalue weighted by Gasteiger charge is -2.03. The summed E-state index contributed by atoms with van der Waals surface area (Å²) in [7, 11) is 0. The van der Waals surface area contributed by atoms with Crippen molar-refractivity contribution >= 4 is 5.69 Å². The number of hydrogen-bond acceptors (Lipinski definition) is 1. The van der Waals surface area contributed by atoms with Crippen molar-refractivity contribution in [3.05, 3.63) is 29.8 Å². The first kappa shape index (κ1) is 8.12. The minimum absolute atomic E-state index is 0.993. The van der Waals surface area contributed by atoms with Crippen molar-refractivity contribution in [3.8, 4) is 0 Å². The van der Waals surface area contributed by atoms with Gasteiger partial charge in [0.2, 0.25) is 0 Å². The van der Waals surface area contributed by atoms with Gasteiger partial charge in [-0.3, -0.25) is 0 Å². The first-order valence-corrected chi connectivity index (χ1v) is 4.19. The maximum absolute atomic E-state index is 3.28. The number of anilines is 1. The molecular weight excluding hydrogens is 134 g/mol. The molecule has 0 aliphatic carbocycles. The van der Waals surface area contributed by atoms with Gasteiger partial charge in [-0.25, -0.2) is 0 Å². The monoisotopic (exact) mass is 149 g/mol. The third-order valence-electron chi connectivity index (χ3n) is 1.72. The molecule has 1 heteroatoms. The summed E-state index contributed by atoms with van der Waals surface area (Å²) in [6, 6.07) is 8.55. The molecule has 1 nitrogen and oxygen atoms in total. The Morgan fingerprint density at radius 1 is 1.27 bits per heavy atom. The van der Waals surface area contributed by atoms with E-state index in [2.05, 4.69) is 43.4 Å². The standard InChI is InChI=1S/C10H15N/c1-3-9-6-5-7-10(8-9)11-4-2/h5-8,11H,3-4H2,1-2H3. The molecule has 1 rings (SSSR count). The molecule has 0 fully saturated rings. The molecule has 0 amide bonds. The zero-order valence-electron chi connectivity index (χ0n) is 7.22. The van der Waals surface area contributed by atoms with E-state index < -0.39 is 0 Å². The molecule has 0 saturated carbocycles. The van der Waals surface area contributed by atoms with E-state index in [0.29, 0.717) is 0 Å². The maximum Gasteiger partial charge on any atom is 0.0342 e. The number of aryl methyl sites for hydroxylation is 1. The highest BCUT2D eigenvalue weighted by Gasteiger charge is 1.90. The van der Waals surface area contributed by atoms with Crippen molar-refractivity contribution in [1.82, 2.24) is 0 Å². The molecule has 60 valence electrons. The van der Waals surface area contributed by atoms with Crippen molar-refractivity contribution < 1.29 is 0 Å². The Morgan fingerprint density at radius 2 is 2.09 bits per heavy atom. The number of benzene rings is 1. The smallest absolute Gasteiger partial charge is 0.0342 e. The van der Waals surface area contributed by atoms with E-state index in [9.17, 15) is 0 Å². The number of hydrogen-bond donors (Lipinski definition) is 1. The third-order valence-corrected chi connectivity index (χ3v) is 1.72. The average Bonchev–Trinajstić information content (AvgIpc) is 2.06. The van der Waals surface area contributed by atoms with E-state index in [0.717, 1.165) is 13.0 Å². The summed E-state index contributed by atoms with van der Waals surface area (Å²) in [5, 5.41) is 3.28. The third kappa shape index (κ3) is 2.26. The quantitative estimate of drug-likeness (QED) is 0.696. The molecule has 11 heavy (non-hydrogen) atoms. The molecule has 0 heterocycles. The van der Waals surface area contributed by atoms with Crippen LogP contribution >= 0.6 is 0 Å². The van der Waals surface area contributed by atoms with Gasteiger partial charge in [-0.15, -0.1) is 0 Å². The van der Waals surface area contributed by atoms with Gasteiger partial charge >= 0.3 is 0 Å². The second-order valence-electron chi connectivity index (χ2n) is 2.58. The normalized spacial score (nSPS) is 9.64. The molecule has 0 spiro atoms. The first-order valence-electron chi connectivity index (χ1n) is 4.19. The van der Waals surface area contributed by atoms with Gasteiger partial charge in [0.1, 0.15) is 0 Å². The van der Waals surface area contributed by atoms with Crippen LogP contribution in [0.5, 0.6) is 0 Å². The SMILES string of the molecule is CCNc1cccc(CC)c1. The molecule has 0 radical (unpaired) electrons. The molecular formula is C10H15N. The molecule has 0 bridgehead atoms. The van der Waals surface area contributed by atoms with E-state index >= 15 is 0 Å². The van der Waals surface area contributed by atoms with Crippen LogP contribution in [0.25, 0.3) is 0 Å². The van der Waals surface area contributed by atoms with Gasteiger partial charge < -0.3 is 5.32 Å². The van der Waals surface area contributed by atoms with E-state index in [1.54, 1.807) is 0 Å². The van der Waals surface area contributed by atoms with Gasteiger partial charge in [0.05, 0.1) is 0 Å². The minimum atomic E-state index is 0.993. The van der Waals surface area contributed by atoms with Crippen LogP contribution in [0.1, 0.15) is 19.4 Å². The summed E-state index contributed by atoms with van der Waals surface area (Å²) in [5.41, 5.74) is 2.62. The molecule has 0 aromatic heterocycles. The lowest BCUT2D eigenvalue weighted by Crippen LogP contribution is -1.96. The van der Waals surface area contributed by atoms with Crippen LogP contribution in [0.4, 0.5) is 5.69 Å². The highest BCUT2D eigenvalue weighted by Crippen LogP contribution is 2.10. The molecule has 0 aliphatic heterocycles. The lowest BCUT2D eigenvalue weighted by atomic mass is 10.1. The van der Waals surface area contributed by atoms with Gasteiger partial charge in [-0.2, -0.15) is 0 Å². The molecule has 0 aliphatic rings. The van der Waals surface area contributed by atoms with Crippen molar-refractivity contribution in [1.29, 1.82) is 0 Å². The van der Waals surface area contributed by atoms with E-state index in [1.807, 2.05) is 0 Å². The Kier molecular flexibility index (Phi) is 2.96.